The average molecular weight is 201 g/mol. The number of carbonyl (C=O) groups is 2. The van der Waals surface area contributed by atoms with E-state index in [4.69, 9.17) is 4.74 Å². The number of esters is 1. The minimum atomic E-state index is -1.07. The van der Waals surface area contributed by atoms with E-state index < -0.39 is 18.1 Å². The van der Waals surface area contributed by atoms with Gasteiger partial charge in [0, 0.05) is 12.7 Å². The Balaban J connectivity index is 4.21. The van der Waals surface area contributed by atoms with E-state index in [2.05, 4.69) is 16.6 Å². The fraction of sp³-hybridized carbons (Fsp3) is 0.556. The Morgan fingerprint density at radius 2 is 2.07 bits per heavy atom. The topological polar surface area (TPSA) is 64.6 Å². The van der Waals surface area contributed by atoms with Crippen molar-refractivity contribution in [3.05, 3.63) is 12.2 Å². The van der Waals surface area contributed by atoms with Crippen LogP contribution in [0.25, 0.3) is 0 Å². The molecule has 0 bridgehead atoms. The summed E-state index contributed by atoms with van der Waals surface area (Å²) in [5, 5.41) is 2.32. The zero-order valence-corrected chi connectivity index (χ0v) is 8.62. The summed E-state index contributed by atoms with van der Waals surface area (Å²) < 4.78 is 9.41. The van der Waals surface area contributed by atoms with Gasteiger partial charge in [0.15, 0.2) is 0 Å². The summed E-state index contributed by atoms with van der Waals surface area (Å²) in [6.07, 6.45) is -1.07. The van der Waals surface area contributed by atoms with Gasteiger partial charge in [0.25, 0.3) is 0 Å². The number of methoxy groups -OCH3 is 1. The fourth-order valence-corrected chi connectivity index (χ4v) is 0.674. The van der Waals surface area contributed by atoms with Crippen LogP contribution in [0.5, 0.6) is 0 Å². The maximum Gasteiger partial charge on any atom is 0.356 e. The highest BCUT2D eigenvalue weighted by molar-refractivity contribution is 5.94. The summed E-state index contributed by atoms with van der Waals surface area (Å²) in [5.74, 6) is -1.06. The minimum absolute atomic E-state index is 0.238. The quantitative estimate of drug-likeness (QED) is 0.392. The van der Waals surface area contributed by atoms with E-state index in [9.17, 15) is 9.59 Å². The Morgan fingerprint density at radius 1 is 1.50 bits per heavy atom. The number of ether oxygens (including phenoxy) is 2. The zero-order chi connectivity index (χ0) is 11.1. The summed E-state index contributed by atoms with van der Waals surface area (Å²) >= 11 is 0. The first-order chi connectivity index (χ1) is 6.52. The highest BCUT2D eigenvalue weighted by Gasteiger charge is 2.21. The standard InChI is InChI=1S/C9H15NO4/c1-5-14-9(12)8(13-4)10-7(11)6(2)3/h8H,2,5H2,1,3-4H3,(H,10,11). The summed E-state index contributed by atoms with van der Waals surface area (Å²) in [7, 11) is 1.31. The molecule has 0 aromatic heterocycles. The van der Waals surface area contributed by atoms with Crippen LogP contribution in [0, 0.1) is 0 Å². The monoisotopic (exact) mass is 201 g/mol. The molecule has 0 heterocycles. The van der Waals surface area contributed by atoms with Crippen LogP contribution < -0.4 is 5.32 Å². The van der Waals surface area contributed by atoms with Crippen LogP contribution in [-0.2, 0) is 19.1 Å². The molecule has 0 aromatic rings. The SMILES string of the molecule is C=C(C)C(=O)NC(OC)C(=O)OCC. The molecule has 1 unspecified atom stereocenters. The molecule has 0 saturated carbocycles. The van der Waals surface area contributed by atoms with E-state index in [0.29, 0.717) is 5.57 Å². The molecule has 5 nitrogen and oxygen atoms in total. The highest BCUT2D eigenvalue weighted by Crippen LogP contribution is 1.94. The maximum atomic E-state index is 11.1. The van der Waals surface area contributed by atoms with Crippen LogP contribution in [0.15, 0.2) is 12.2 Å². The molecule has 1 N–H and O–H groups in total. The van der Waals surface area contributed by atoms with Crippen molar-refractivity contribution >= 4 is 11.9 Å². The molecule has 14 heavy (non-hydrogen) atoms. The number of hydrogen-bond acceptors (Lipinski definition) is 4. The Labute approximate surface area is 83.1 Å². The van der Waals surface area contributed by atoms with Crippen molar-refractivity contribution in [2.24, 2.45) is 0 Å². The molecule has 0 fully saturated rings. The van der Waals surface area contributed by atoms with Crippen LogP contribution in [0.4, 0.5) is 0 Å². The molecule has 5 heteroatoms. The number of rotatable bonds is 5. The zero-order valence-electron chi connectivity index (χ0n) is 8.62. The number of hydrogen-bond donors (Lipinski definition) is 1. The fourth-order valence-electron chi connectivity index (χ4n) is 0.674. The molecule has 0 saturated heterocycles. The van der Waals surface area contributed by atoms with Crippen LogP contribution >= 0.6 is 0 Å². The third-order valence-corrected chi connectivity index (χ3v) is 1.39. The van der Waals surface area contributed by atoms with Gasteiger partial charge in [-0.3, -0.25) is 4.79 Å². The van der Waals surface area contributed by atoms with Gasteiger partial charge >= 0.3 is 5.97 Å². The number of amides is 1. The molecule has 0 aliphatic rings. The van der Waals surface area contributed by atoms with Crippen molar-refractivity contribution in [1.82, 2.24) is 5.32 Å². The summed E-state index contributed by atoms with van der Waals surface area (Å²) in [4.78, 5) is 22.3. The Bertz CT molecular complexity index is 237. The maximum absolute atomic E-state index is 11.1. The van der Waals surface area contributed by atoms with Crippen molar-refractivity contribution in [3.8, 4) is 0 Å². The van der Waals surface area contributed by atoms with Gasteiger partial charge in [-0.15, -0.1) is 0 Å². The van der Waals surface area contributed by atoms with Gasteiger partial charge < -0.3 is 14.8 Å². The molecule has 1 amide bonds. The van der Waals surface area contributed by atoms with E-state index in [1.807, 2.05) is 0 Å². The molecule has 1 atom stereocenters. The molecule has 0 spiro atoms. The molecule has 0 rings (SSSR count). The van der Waals surface area contributed by atoms with E-state index in [1.165, 1.54) is 14.0 Å². The van der Waals surface area contributed by atoms with Gasteiger partial charge in [-0.1, -0.05) is 6.58 Å². The Kier molecular flexibility index (Phi) is 5.55. The largest absolute Gasteiger partial charge is 0.463 e. The van der Waals surface area contributed by atoms with Crippen LogP contribution in [-0.4, -0.2) is 31.8 Å². The first-order valence-electron chi connectivity index (χ1n) is 4.18. The summed E-state index contributed by atoms with van der Waals surface area (Å²) in [6, 6.07) is 0. The summed E-state index contributed by atoms with van der Waals surface area (Å²) in [5.41, 5.74) is 0.302. The van der Waals surface area contributed by atoms with Crippen molar-refractivity contribution in [1.29, 1.82) is 0 Å². The van der Waals surface area contributed by atoms with E-state index in [1.54, 1.807) is 6.92 Å². The molecule has 0 aliphatic carbocycles. The van der Waals surface area contributed by atoms with Crippen molar-refractivity contribution in [2.45, 2.75) is 20.1 Å². The van der Waals surface area contributed by atoms with Gasteiger partial charge in [0.1, 0.15) is 0 Å². The lowest BCUT2D eigenvalue weighted by Crippen LogP contribution is -2.43. The third kappa shape index (κ3) is 4.04. The molecule has 0 aromatic carbocycles. The van der Waals surface area contributed by atoms with Crippen LogP contribution in [0.2, 0.25) is 0 Å². The lowest BCUT2D eigenvalue weighted by Gasteiger charge is -2.15. The van der Waals surface area contributed by atoms with Crippen LogP contribution in [0.3, 0.4) is 0 Å². The van der Waals surface area contributed by atoms with Crippen LogP contribution in [0.1, 0.15) is 13.8 Å². The van der Waals surface area contributed by atoms with Gasteiger partial charge in [0.2, 0.25) is 12.1 Å². The molecule has 0 radical (unpaired) electrons. The number of carbonyl (C=O) groups excluding carboxylic acids is 2. The van der Waals surface area contributed by atoms with Gasteiger partial charge in [-0.25, -0.2) is 4.79 Å². The smallest absolute Gasteiger partial charge is 0.356 e. The predicted octanol–water partition coefficient (Wildman–Crippen LogP) is 0.214. The lowest BCUT2D eigenvalue weighted by molar-refractivity contribution is -0.158. The van der Waals surface area contributed by atoms with Crippen molar-refractivity contribution < 1.29 is 19.1 Å². The lowest BCUT2D eigenvalue weighted by atomic mass is 10.3. The average Bonchev–Trinajstić information content (AvgIpc) is 2.13. The van der Waals surface area contributed by atoms with E-state index in [0.717, 1.165) is 0 Å². The summed E-state index contributed by atoms with van der Waals surface area (Å²) in [6.45, 7) is 6.87. The Morgan fingerprint density at radius 3 is 2.43 bits per heavy atom. The van der Waals surface area contributed by atoms with E-state index >= 15 is 0 Å². The third-order valence-electron chi connectivity index (χ3n) is 1.39. The first-order valence-corrected chi connectivity index (χ1v) is 4.18. The molecular formula is C9H15NO4. The van der Waals surface area contributed by atoms with Gasteiger partial charge in [-0.2, -0.15) is 0 Å². The second-order valence-corrected chi connectivity index (χ2v) is 2.62. The molecule has 0 aliphatic heterocycles. The minimum Gasteiger partial charge on any atom is -0.463 e. The van der Waals surface area contributed by atoms with Gasteiger partial charge in [0.05, 0.1) is 6.61 Å². The second-order valence-electron chi connectivity index (χ2n) is 2.62. The van der Waals surface area contributed by atoms with E-state index in [-0.39, 0.29) is 6.61 Å². The first kappa shape index (κ1) is 12.6. The highest BCUT2D eigenvalue weighted by atomic mass is 16.6. The predicted molar refractivity (Wildman–Crippen MR) is 50.4 cm³/mol. The van der Waals surface area contributed by atoms with Gasteiger partial charge in [-0.05, 0) is 13.8 Å². The van der Waals surface area contributed by atoms with Crippen molar-refractivity contribution in [2.75, 3.05) is 13.7 Å². The molecule has 80 valence electrons. The Hall–Kier alpha value is -1.36. The number of nitrogens with one attached hydrogen (secondary N) is 1. The molecular weight excluding hydrogens is 186 g/mol. The van der Waals surface area contributed by atoms with Crippen molar-refractivity contribution in [3.63, 3.8) is 0 Å². The normalized spacial score (nSPS) is 11.6. The second kappa shape index (κ2) is 6.15.